The second-order valence-corrected chi connectivity index (χ2v) is 5.35. The number of nitrogens with one attached hydrogen (secondary N) is 1. The lowest BCUT2D eigenvalue weighted by molar-refractivity contribution is 0.102. The maximum Gasteiger partial charge on any atom is 0.259 e. The van der Waals surface area contributed by atoms with Crippen molar-refractivity contribution in [2.24, 2.45) is 0 Å². The Morgan fingerprint density at radius 2 is 2.05 bits per heavy atom. The molecule has 5 heteroatoms. The van der Waals surface area contributed by atoms with Crippen LogP contribution in [0.4, 0.5) is 5.69 Å². The van der Waals surface area contributed by atoms with Crippen LogP contribution in [-0.2, 0) is 0 Å². The van der Waals surface area contributed by atoms with Gasteiger partial charge >= 0.3 is 0 Å². The second-order valence-electron chi connectivity index (χ2n) is 4.03. The van der Waals surface area contributed by atoms with E-state index >= 15 is 0 Å². The minimum atomic E-state index is -0.248. The number of rotatable bonds is 4. The summed E-state index contributed by atoms with van der Waals surface area (Å²) >= 11 is 7.55. The van der Waals surface area contributed by atoms with E-state index in [4.69, 9.17) is 16.3 Å². The highest BCUT2D eigenvalue weighted by Crippen LogP contribution is 2.24. The lowest BCUT2D eigenvalue weighted by Crippen LogP contribution is -2.13. The van der Waals surface area contributed by atoms with Gasteiger partial charge in [0.2, 0.25) is 0 Å². The molecule has 2 aromatic carbocycles. The van der Waals surface area contributed by atoms with Crippen LogP contribution >= 0.6 is 23.4 Å². The monoisotopic (exact) mass is 307 g/mol. The van der Waals surface area contributed by atoms with Gasteiger partial charge in [-0.05, 0) is 42.7 Å². The number of hydrogen-bond acceptors (Lipinski definition) is 3. The highest BCUT2D eigenvalue weighted by atomic mass is 35.5. The largest absolute Gasteiger partial charge is 0.496 e. The fourth-order valence-electron chi connectivity index (χ4n) is 1.76. The van der Waals surface area contributed by atoms with Crippen LogP contribution in [0, 0.1) is 0 Å². The molecule has 1 amide bonds. The van der Waals surface area contributed by atoms with E-state index in [2.05, 4.69) is 5.32 Å². The average molecular weight is 308 g/mol. The van der Waals surface area contributed by atoms with Crippen LogP contribution in [0.15, 0.2) is 47.4 Å². The lowest BCUT2D eigenvalue weighted by Gasteiger charge is -2.10. The Hall–Kier alpha value is -1.65. The Bertz CT molecular complexity index is 631. The van der Waals surface area contributed by atoms with Crippen molar-refractivity contribution < 1.29 is 9.53 Å². The number of thioether (sulfide) groups is 1. The maximum absolute atomic E-state index is 12.3. The molecule has 2 rings (SSSR count). The molecular weight excluding hydrogens is 294 g/mol. The second kappa shape index (κ2) is 6.68. The van der Waals surface area contributed by atoms with Crippen LogP contribution in [0.1, 0.15) is 10.4 Å². The first-order chi connectivity index (χ1) is 9.63. The Morgan fingerprint density at radius 1 is 1.25 bits per heavy atom. The van der Waals surface area contributed by atoms with E-state index in [1.165, 1.54) is 7.11 Å². The quantitative estimate of drug-likeness (QED) is 0.855. The average Bonchev–Trinajstić information content (AvgIpc) is 2.47. The van der Waals surface area contributed by atoms with Crippen LogP contribution in [0.25, 0.3) is 0 Å². The fraction of sp³-hybridized carbons (Fsp3) is 0.133. The summed E-state index contributed by atoms with van der Waals surface area (Å²) in [6.45, 7) is 0. The van der Waals surface area contributed by atoms with E-state index in [1.54, 1.807) is 30.0 Å². The van der Waals surface area contributed by atoms with Gasteiger partial charge in [0.05, 0.1) is 12.7 Å². The zero-order valence-corrected chi connectivity index (χ0v) is 12.7. The third kappa shape index (κ3) is 3.46. The topological polar surface area (TPSA) is 38.3 Å². The minimum Gasteiger partial charge on any atom is -0.496 e. The number of carbonyl (C=O) groups is 1. The highest BCUT2D eigenvalue weighted by Gasteiger charge is 2.13. The molecule has 0 saturated heterocycles. The molecule has 2 aromatic rings. The first-order valence-electron chi connectivity index (χ1n) is 5.93. The molecule has 3 nitrogen and oxygen atoms in total. The molecule has 0 spiro atoms. The van der Waals surface area contributed by atoms with Crippen LogP contribution < -0.4 is 10.1 Å². The van der Waals surface area contributed by atoms with Gasteiger partial charge in [0.1, 0.15) is 5.75 Å². The van der Waals surface area contributed by atoms with E-state index in [-0.39, 0.29) is 5.91 Å². The number of anilines is 1. The fourth-order valence-corrected chi connectivity index (χ4v) is 2.39. The van der Waals surface area contributed by atoms with Crippen molar-refractivity contribution >= 4 is 35.0 Å². The highest BCUT2D eigenvalue weighted by molar-refractivity contribution is 7.98. The van der Waals surface area contributed by atoms with E-state index in [0.717, 1.165) is 10.6 Å². The summed E-state index contributed by atoms with van der Waals surface area (Å²) in [6.07, 6.45) is 1.99. The molecule has 0 aromatic heterocycles. The van der Waals surface area contributed by atoms with Gasteiger partial charge in [0, 0.05) is 15.6 Å². The van der Waals surface area contributed by atoms with Gasteiger partial charge in [-0.15, -0.1) is 11.8 Å². The molecule has 0 aliphatic rings. The smallest absolute Gasteiger partial charge is 0.259 e. The summed E-state index contributed by atoms with van der Waals surface area (Å²) in [5.41, 5.74) is 1.15. The number of amides is 1. The lowest BCUT2D eigenvalue weighted by atomic mass is 10.2. The van der Waals surface area contributed by atoms with Crippen LogP contribution in [0.2, 0.25) is 5.02 Å². The number of hydrogen-bond donors (Lipinski definition) is 1. The predicted octanol–water partition coefficient (Wildman–Crippen LogP) is 4.32. The van der Waals surface area contributed by atoms with Crippen molar-refractivity contribution in [2.45, 2.75) is 4.90 Å². The molecule has 0 atom stereocenters. The van der Waals surface area contributed by atoms with Crippen LogP contribution in [0.3, 0.4) is 0 Å². The van der Waals surface area contributed by atoms with E-state index in [1.807, 2.05) is 30.5 Å². The van der Waals surface area contributed by atoms with Gasteiger partial charge in [-0.2, -0.15) is 0 Å². The maximum atomic E-state index is 12.3. The van der Waals surface area contributed by atoms with Crippen LogP contribution in [-0.4, -0.2) is 19.3 Å². The summed E-state index contributed by atoms with van der Waals surface area (Å²) in [5, 5.41) is 3.34. The molecule has 0 aliphatic heterocycles. The first-order valence-corrected chi connectivity index (χ1v) is 7.53. The van der Waals surface area contributed by atoms with Crippen LogP contribution in [0.5, 0.6) is 5.75 Å². The summed E-state index contributed by atoms with van der Waals surface area (Å²) in [5.74, 6) is 0.246. The number of ether oxygens (including phenoxy) is 1. The Morgan fingerprint density at radius 3 is 2.75 bits per heavy atom. The molecule has 0 fully saturated rings. The van der Waals surface area contributed by atoms with Gasteiger partial charge in [0.15, 0.2) is 0 Å². The molecule has 0 radical (unpaired) electrons. The van der Waals surface area contributed by atoms with Crippen molar-refractivity contribution in [1.29, 1.82) is 0 Å². The Labute approximate surface area is 127 Å². The van der Waals surface area contributed by atoms with E-state index in [0.29, 0.717) is 16.3 Å². The van der Waals surface area contributed by atoms with Gasteiger partial charge in [-0.25, -0.2) is 0 Å². The molecule has 0 heterocycles. The zero-order chi connectivity index (χ0) is 14.5. The van der Waals surface area contributed by atoms with Gasteiger partial charge < -0.3 is 10.1 Å². The summed E-state index contributed by atoms with van der Waals surface area (Å²) < 4.78 is 5.18. The van der Waals surface area contributed by atoms with Crippen molar-refractivity contribution in [3.8, 4) is 5.75 Å². The van der Waals surface area contributed by atoms with E-state index < -0.39 is 0 Å². The standard InChI is InChI=1S/C15H14ClNO2S/c1-19-14-7-6-10(16)8-13(14)15(18)17-11-4-3-5-12(9-11)20-2/h3-9H,1-2H3,(H,17,18). The number of methoxy groups -OCH3 is 1. The number of halogens is 1. The molecular formula is C15H14ClNO2S. The molecule has 0 bridgehead atoms. The number of carbonyl (C=O) groups excluding carboxylic acids is 1. The summed E-state index contributed by atoms with van der Waals surface area (Å²) in [7, 11) is 1.52. The normalized spacial score (nSPS) is 10.2. The van der Waals surface area contributed by atoms with Gasteiger partial charge in [0.25, 0.3) is 5.91 Å². The van der Waals surface area contributed by atoms with Crippen molar-refractivity contribution in [3.63, 3.8) is 0 Å². The molecule has 20 heavy (non-hydrogen) atoms. The molecule has 0 unspecified atom stereocenters. The van der Waals surface area contributed by atoms with Crippen molar-refractivity contribution in [1.82, 2.24) is 0 Å². The summed E-state index contributed by atoms with van der Waals surface area (Å²) in [4.78, 5) is 13.4. The Balaban J connectivity index is 2.25. The predicted molar refractivity (Wildman–Crippen MR) is 84.2 cm³/mol. The summed E-state index contributed by atoms with van der Waals surface area (Å²) in [6, 6.07) is 12.6. The Kier molecular flexibility index (Phi) is 4.93. The van der Waals surface area contributed by atoms with Gasteiger partial charge in [-0.3, -0.25) is 4.79 Å². The first kappa shape index (κ1) is 14.8. The number of benzene rings is 2. The third-order valence-corrected chi connectivity index (χ3v) is 3.69. The molecule has 0 saturated carbocycles. The van der Waals surface area contributed by atoms with Crippen molar-refractivity contribution in [2.75, 3.05) is 18.7 Å². The molecule has 0 aliphatic carbocycles. The van der Waals surface area contributed by atoms with Crippen molar-refractivity contribution in [3.05, 3.63) is 53.1 Å². The van der Waals surface area contributed by atoms with E-state index in [9.17, 15) is 4.79 Å². The molecule has 104 valence electrons. The third-order valence-electron chi connectivity index (χ3n) is 2.73. The molecule has 1 N–H and O–H groups in total. The van der Waals surface area contributed by atoms with Gasteiger partial charge in [-0.1, -0.05) is 17.7 Å². The minimum absolute atomic E-state index is 0.248. The SMILES string of the molecule is COc1ccc(Cl)cc1C(=O)Nc1cccc(SC)c1. The zero-order valence-electron chi connectivity index (χ0n) is 11.1.